The van der Waals surface area contributed by atoms with Crippen LogP contribution in [0.5, 0.6) is 0 Å². The van der Waals surface area contributed by atoms with Crippen LogP contribution < -0.4 is 14.9 Å². The topological polar surface area (TPSA) is 94.6 Å². The molecule has 1 saturated heterocycles. The average molecular weight is 564 g/mol. The van der Waals surface area contributed by atoms with E-state index in [1.807, 2.05) is 6.92 Å². The first-order chi connectivity index (χ1) is 18.8. The number of carbonyl (C=O) groups excluding carboxylic acids is 1. The maximum absolute atomic E-state index is 12.6. The van der Waals surface area contributed by atoms with Crippen LogP contribution in [0, 0.1) is 6.92 Å². The summed E-state index contributed by atoms with van der Waals surface area (Å²) in [5.74, 6) is -0.178. The molecule has 204 valence electrons. The summed E-state index contributed by atoms with van der Waals surface area (Å²) in [5, 5.41) is 4.06. The third-order valence-corrected chi connectivity index (χ3v) is 9.44. The number of carbonyl (C=O) groups is 1. The Balaban J connectivity index is 1.08. The molecule has 5 rings (SSSR count). The van der Waals surface area contributed by atoms with E-state index >= 15 is 0 Å². The van der Waals surface area contributed by atoms with Gasteiger partial charge in [0.25, 0.3) is 15.9 Å². The highest BCUT2D eigenvalue weighted by atomic mass is 32.2. The summed E-state index contributed by atoms with van der Waals surface area (Å²) in [4.78, 5) is 22.5. The second-order valence-corrected chi connectivity index (χ2v) is 12.4. The molecule has 0 aliphatic carbocycles. The third-order valence-electron chi connectivity index (χ3n) is 6.96. The summed E-state index contributed by atoms with van der Waals surface area (Å²) >= 11 is 1.76. The lowest BCUT2D eigenvalue weighted by atomic mass is 10.1. The number of nitrogens with zero attached hydrogens (tertiary/aromatic N) is 3. The van der Waals surface area contributed by atoms with Gasteiger partial charge in [0.1, 0.15) is 0 Å². The zero-order chi connectivity index (χ0) is 27.4. The zero-order valence-corrected chi connectivity index (χ0v) is 23.8. The van der Waals surface area contributed by atoms with E-state index in [4.69, 9.17) is 4.98 Å². The van der Waals surface area contributed by atoms with Crippen molar-refractivity contribution in [2.75, 3.05) is 48.9 Å². The Morgan fingerprint density at radius 2 is 1.69 bits per heavy atom. The molecule has 3 aromatic carbocycles. The fourth-order valence-corrected chi connectivity index (χ4v) is 6.75. The summed E-state index contributed by atoms with van der Waals surface area (Å²) in [6, 6.07) is 19.5. The number of aryl methyl sites for hydroxylation is 2. The van der Waals surface area contributed by atoms with Crippen molar-refractivity contribution in [1.82, 2.24) is 15.2 Å². The molecule has 4 aromatic rings. The lowest BCUT2D eigenvalue weighted by molar-refractivity contribution is 0.0948. The molecule has 1 amide bonds. The van der Waals surface area contributed by atoms with Gasteiger partial charge in [-0.25, -0.2) is 13.4 Å². The highest BCUT2D eigenvalue weighted by molar-refractivity contribution is 7.92. The number of sulfonamides is 1. The van der Waals surface area contributed by atoms with Gasteiger partial charge in [0.15, 0.2) is 5.13 Å². The number of thiazole rings is 1. The Bertz CT molecular complexity index is 1540. The number of rotatable bonds is 9. The van der Waals surface area contributed by atoms with Crippen LogP contribution in [-0.2, 0) is 16.4 Å². The van der Waals surface area contributed by atoms with Crippen molar-refractivity contribution in [2.45, 2.75) is 25.2 Å². The minimum atomic E-state index is -3.68. The molecule has 2 heterocycles. The van der Waals surface area contributed by atoms with Crippen LogP contribution >= 0.6 is 11.3 Å². The van der Waals surface area contributed by atoms with Crippen LogP contribution in [0.3, 0.4) is 0 Å². The number of hydrogen-bond donors (Lipinski definition) is 2. The fourth-order valence-electron chi connectivity index (χ4n) is 4.63. The third kappa shape index (κ3) is 6.41. The fraction of sp³-hybridized carbons (Fsp3) is 0.310. The van der Waals surface area contributed by atoms with Gasteiger partial charge >= 0.3 is 0 Å². The molecule has 0 atom stereocenters. The average Bonchev–Trinajstić information content (AvgIpc) is 3.38. The van der Waals surface area contributed by atoms with Gasteiger partial charge in [-0.1, -0.05) is 48.1 Å². The minimum Gasteiger partial charge on any atom is -0.351 e. The van der Waals surface area contributed by atoms with Crippen LogP contribution in [-0.4, -0.2) is 63.5 Å². The summed E-state index contributed by atoms with van der Waals surface area (Å²) < 4.78 is 29.0. The van der Waals surface area contributed by atoms with Crippen molar-refractivity contribution >= 4 is 48.3 Å². The first-order valence-electron chi connectivity index (χ1n) is 13.2. The molecule has 0 spiro atoms. The molecule has 0 bridgehead atoms. The molecule has 0 radical (unpaired) electrons. The Kier molecular flexibility index (Phi) is 8.15. The van der Waals surface area contributed by atoms with Crippen molar-refractivity contribution in [3.05, 3.63) is 83.4 Å². The molecule has 1 aromatic heterocycles. The van der Waals surface area contributed by atoms with Crippen molar-refractivity contribution in [2.24, 2.45) is 0 Å². The van der Waals surface area contributed by atoms with Gasteiger partial charge in [0, 0.05) is 50.5 Å². The second-order valence-electron chi connectivity index (χ2n) is 9.69. The molecule has 2 N–H and O–H groups in total. The number of amides is 1. The first-order valence-corrected chi connectivity index (χ1v) is 15.5. The Hall–Kier alpha value is -3.47. The molecular formula is C29H33N5O3S2. The number of benzene rings is 3. The van der Waals surface area contributed by atoms with Crippen molar-refractivity contribution < 1.29 is 13.2 Å². The molecule has 1 aliphatic rings. The van der Waals surface area contributed by atoms with E-state index < -0.39 is 10.0 Å². The zero-order valence-electron chi connectivity index (χ0n) is 22.2. The quantitative estimate of drug-likeness (QED) is 0.311. The van der Waals surface area contributed by atoms with Crippen LogP contribution in [0.1, 0.15) is 28.4 Å². The summed E-state index contributed by atoms with van der Waals surface area (Å²) in [7, 11) is -3.68. The number of piperazine rings is 1. The highest BCUT2D eigenvalue weighted by Gasteiger charge is 2.20. The SMILES string of the molecule is CCc1cccc2sc(N3CCN(CCNC(=O)c4ccc(NS(=O)(=O)c5ccc(C)cc5)cc4)CC3)nc12. The lowest BCUT2D eigenvalue weighted by Crippen LogP contribution is -2.48. The monoisotopic (exact) mass is 563 g/mol. The Morgan fingerprint density at radius 1 is 0.974 bits per heavy atom. The summed E-state index contributed by atoms with van der Waals surface area (Å²) in [6.45, 7) is 9.04. The van der Waals surface area contributed by atoms with E-state index in [0.29, 0.717) is 17.8 Å². The van der Waals surface area contributed by atoms with E-state index in [1.165, 1.54) is 10.3 Å². The minimum absolute atomic E-state index is 0.178. The van der Waals surface area contributed by atoms with Gasteiger partial charge in [-0.3, -0.25) is 14.4 Å². The van der Waals surface area contributed by atoms with Crippen LogP contribution in [0.2, 0.25) is 0 Å². The molecule has 1 aliphatic heterocycles. The van der Waals surface area contributed by atoms with Gasteiger partial charge < -0.3 is 10.2 Å². The molecule has 0 saturated carbocycles. The Labute approximate surface area is 233 Å². The first kappa shape index (κ1) is 27.1. The van der Waals surface area contributed by atoms with Gasteiger partial charge in [-0.05, 0) is 61.4 Å². The number of hydrogen-bond acceptors (Lipinski definition) is 7. The number of anilines is 2. The molecule has 10 heteroatoms. The summed E-state index contributed by atoms with van der Waals surface area (Å²) in [5.41, 5.74) is 4.30. The predicted molar refractivity (Wildman–Crippen MR) is 158 cm³/mol. The van der Waals surface area contributed by atoms with E-state index in [0.717, 1.165) is 55.4 Å². The van der Waals surface area contributed by atoms with E-state index in [1.54, 1.807) is 59.9 Å². The maximum Gasteiger partial charge on any atom is 0.261 e. The van der Waals surface area contributed by atoms with Gasteiger partial charge in [-0.15, -0.1) is 0 Å². The Morgan fingerprint density at radius 3 is 2.38 bits per heavy atom. The number of nitrogens with one attached hydrogen (secondary N) is 2. The van der Waals surface area contributed by atoms with Crippen molar-refractivity contribution in [3.8, 4) is 0 Å². The number of aromatic nitrogens is 1. The van der Waals surface area contributed by atoms with Crippen LogP contribution in [0.4, 0.5) is 10.8 Å². The van der Waals surface area contributed by atoms with Crippen molar-refractivity contribution in [3.63, 3.8) is 0 Å². The lowest BCUT2D eigenvalue weighted by Gasteiger charge is -2.34. The van der Waals surface area contributed by atoms with E-state index in [9.17, 15) is 13.2 Å². The highest BCUT2D eigenvalue weighted by Crippen LogP contribution is 2.31. The molecular weight excluding hydrogens is 530 g/mol. The summed E-state index contributed by atoms with van der Waals surface area (Å²) in [6.07, 6.45) is 0.983. The van der Waals surface area contributed by atoms with Gasteiger partial charge in [0.2, 0.25) is 0 Å². The second kappa shape index (κ2) is 11.7. The number of fused-ring (bicyclic) bond motifs is 1. The standard InChI is InChI=1S/C29H33N5O3S2/c1-3-22-5-4-6-26-27(22)31-29(38-26)34-19-17-33(18-20-34)16-15-30-28(35)23-9-11-24(12-10-23)32-39(36,37)25-13-7-21(2)8-14-25/h4-14,32H,3,15-20H2,1-2H3,(H,30,35). The van der Waals surface area contributed by atoms with E-state index in [2.05, 4.69) is 45.0 Å². The number of para-hydroxylation sites is 1. The van der Waals surface area contributed by atoms with E-state index in [-0.39, 0.29) is 10.8 Å². The van der Waals surface area contributed by atoms with Gasteiger partial charge in [-0.2, -0.15) is 0 Å². The largest absolute Gasteiger partial charge is 0.351 e. The molecule has 0 unspecified atom stereocenters. The van der Waals surface area contributed by atoms with Crippen LogP contribution in [0.15, 0.2) is 71.6 Å². The smallest absolute Gasteiger partial charge is 0.261 e. The maximum atomic E-state index is 12.6. The normalized spacial score (nSPS) is 14.5. The van der Waals surface area contributed by atoms with Gasteiger partial charge in [0.05, 0.1) is 15.1 Å². The molecule has 8 nitrogen and oxygen atoms in total. The van der Waals surface area contributed by atoms with Crippen LogP contribution in [0.25, 0.3) is 10.2 Å². The molecule has 1 fully saturated rings. The van der Waals surface area contributed by atoms with Crippen molar-refractivity contribution in [1.29, 1.82) is 0 Å². The predicted octanol–water partition coefficient (Wildman–Crippen LogP) is 4.52. The molecule has 39 heavy (non-hydrogen) atoms.